The molecule has 1 aromatic heterocycles. The maximum atomic E-state index is 12.2. The predicted octanol–water partition coefficient (Wildman–Crippen LogP) is 7.09. The van der Waals surface area contributed by atoms with Gasteiger partial charge in [0.25, 0.3) is 0 Å². The molecule has 0 aliphatic heterocycles. The van der Waals surface area contributed by atoms with Gasteiger partial charge in [0.15, 0.2) is 0 Å². The summed E-state index contributed by atoms with van der Waals surface area (Å²) in [5, 5.41) is 4.48. The first-order valence-electron chi connectivity index (χ1n) is 9.47. The van der Waals surface area contributed by atoms with Gasteiger partial charge in [0.05, 0.1) is 5.69 Å². The standard InChI is InChI=1S/C25H19ClN2OS/c1-17-24(28-25(30-17)20-8-3-2-4-9-20)19-11-14-21(15-12-19)27-23(29)16-13-18-7-5-6-10-22(18)26/h2-16H,1H3,(H,27,29)/b16-13+. The first kappa shape index (κ1) is 20.1. The molecule has 0 atom stereocenters. The minimum Gasteiger partial charge on any atom is -0.323 e. The van der Waals surface area contributed by atoms with Crippen LogP contribution in [-0.4, -0.2) is 10.9 Å². The molecular weight excluding hydrogens is 412 g/mol. The molecule has 1 amide bonds. The Morgan fingerprint density at radius 3 is 2.37 bits per heavy atom. The van der Waals surface area contributed by atoms with E-state index in [1.807, 2.05) is 60.7 Å². The van der Waals surface area contributed by atoms with Crippen molar-refractivity contribution >= 4 is 40.6 Å². The average Bonchev–Trinajstić information content (AvgIpc) is 3.16. The van der Waals surface area contributed by atoms with Gasteiger partial charge < -0.3 is 5.32 Å². The van der Waals surface area contributed by atoms with Crippen molar-refractivity contribution in [3.63, 3.8) is 0 Å². The van der Waals surface area contributed by atoms with Crippen LogP contribution < -0.4 is 5.32 Å². The highest BCUT2D eigenvalue weighted by Crippen LogP contribution is 2.33. The number of halogens is 1. The molecule has 0 fully saturated rings. The molecule has 4 aromatic rings. The number of benzene rings is 3. The molecule has 0 saturated heterocycles. The van der Waals surface area contributed by atoms with Crippen LogP contribution in [0.5, 0.6) is 0 Å². The molecule has 148 valence electrons. The van der Waals surface area contributed by atoms with Gasteiger partial charge in [0.1, 0.15) is 5.01 Å². The van der Waals surface area contributed by atoms with Crippen LogP contribution in [-0.2, 0) is 4.79 Å². The largest absolute Gasteiger partial charge is 0.323 e. The van der Waals surface area contributed by atoms with Crippen molar-refractivity contribution in [2.75, 3.05) is 5.32 Å². The number of carbonyl (C=O) groups is 1. The predicted molar refractivity (Wildman–Crippen MR) is 127 cm³/mol. The highest BCUT2D eigenvalue weighted by atomic mass is 35.5. The molecule has 3 nitrogen and oxygen atoms in total. The Kier molecular flexibility index (Phi) is 6.07. The molecule has 3 aromatic carbocycles. The third kappa shape index (κ3) is 4.67. The van der Waals surface area contributed by atoms with Crippen molar-refractivity contribution in [1.82, 2.24) is 4.98 Å². The van der Waals surface area contributed by atoms with Crippen molar-refractivity contribution in [1.29, 1.82) is 0 Å². The molecule has 0 aliphatic rings. The summed E-state index contributed by atoms with van der Waals surface area (Å²) in [7, 11) is 0. The van der Waals surface area contributed by atoms with Crippen LogP contribution in [0.4, 0.5) is 5.69 Å². The Hall–Kier alpha value is -3.21. The van der Waals surface area contributed by atoms with Crippen LogP contribution >= 0.6 is 22.9 Å². The number of amides is 1. The molecule has 1 N–H and O–H groups in total. The molecule has 0 spiro atoms. The summed E-state index contributed by atoms with van der Waals surface area (Å²) in [6.07, 6.45) is 3.18. The summed E-state index contributed by atoms with van der Waals surface area (Å²) >= 11 is 7.79. The van der Waals surface area contributed by atoms with Crippen LogP contribution in [0.1, 0.15) is 10.4 Å². The van der Waals surface area contributed by atoms with E-state index < -0.39 is 0 Å². The fourth-order valence-corrected chi connectivity index (χ4v) is 4.18. The van der Waals surface area contributed by atoms with E-state index in [0.29, 0.717) is 5.02 Å². The van der Waals surface area contributed by atoms with Crippen LogP contribution in [0.15, 0.2) is 84.9 Å². The van der Waals surface area contributed by atoms with Gasteiger partial charge in [-0.25, -0.2) is 4.98 Å². The average molecular weight is 431 g/mol. The Morgan fingerprint density at radius 1 is 0.933 bits per heavy atom. The van der Waals surface area contributed by atoms with Gasteiger partial charge in [0, 0.05) is 32.8 Å². The minimum absolute atomic E-state index is 0.209. The second-order valence-corrected chi connectivity index (χ2v) is 8.32. The topological polar surface area (TPSA) is 42.0 Å². The lowest BCUT2D eigenvalue weighted by Gasteiger charge is -2.04. The molecule has 5 heteroatoms. The van der Waals surface area contributed by atoms with E-state index in [1.54, 1.807) is 23.5 Å². The van der Waals surface area contributed by atoms with E-state index in [9.17, 15) is 4.79 Å². The van der Waals surface area contributed by atoms with Crippen LogP contribution in [0.3, 0.4) is 0 Å². The first-order valence-corrected chi connectivity index (χ1v) is 10.7. The van der Waals surface area contributed by atoms with Gasteiger partial charge in [-0.3, -0.25) is 4.79 Å². The summed E-state index contributed by atoms with van der Waals surface area (Å²) in [4.78, 5) is 18.2. The summed E-state index contributed by atoms with van der Waals surface area (Å²) in [6.45, 7) is 2.08. The zero-order chi connectivity index (χ0) is 20.9. The highest BCUT2D eigenvalue weighted by molar-refractivity contribution is 7.15. The third-order valence-electron chi connectivity index (χ3n) is 4.56. The first-order chi connectivity index (χ1) is 14.6. The van der Waals surface area contributed by atoms with Crippen molar-refractivity contribution in [2.24, 2.45) is 0 Å². The number of carbonyl (C=O) groups excluding carboxylic acids is 1. The smallest absolute Gasteiger partial charge is 0.248 e. The lowest BCUT2D eigenvalue weighted by Crippen LogP contribution is -2.07. The minimum atomic E-state index is -0.209. The molecule has 0 saturated carbocycles. The molecule has 4 rings (SSSR count). The molecule has 0 unspecified atom stereocenters. The monoisotopic (exact) mass is 430 g/mol. The number of aromatic nitrogens is 1. The number of anilines is 1. The van der Waals surface area contributed by atoms with Crippen LogP contribution in [0, 0.1) is 6.92 Å². The summed E-state index contributed by atoms with van der Waals surface area (Å²) in [6, 6.07) is 25.3. The normalized spacial score (nSPS) is 11.0. The number of nitrogens with one attached hydrogen (secondary N) is 1. The van der Waals surface area contributed by atoms with Crippen molar-refractivity contribution < 1.29 is 4.79 Å². The van der Waals surface area contributed by atoms with Crippen molar-refractivity contribution in [2.45, 2.75) is 6.92 Å². The molecule has 0 radical (unpaired) electrons. The Bertz CT molecular complexity index is 1200. The summed E-state index contributed by atoms with van der Waals surface area (Å²) < 4.78 is 0. The van der Waals surface area contributed by atoms with E-state index in [4.69, 9.17) is 16.6 Å². The Labute approximate surface area is 184 Å². The second-order valence-electron chi connectivity index (χ2n) is 6.71. The fourth-order valence-electron chi connectivity index (χ4n) is 3.04. The Balaban J connectivity index is 1.46. The van der Waals surface area contributed by atoms with Gasteiger partial charge in [-0.1, -0.05) is 72.3 Å². The third-order valence-corrected chi connectivity index (χ3v) is 5.93. The van der Waals surface area contributed by atoms with Crippen LogP contribution in [0.25, 0.3) is 27.9 Å². The van der Waals surface area contributed by atoms with Gasteiger partial charge in [-0.2, -0.15) is 0 Å². The van der Waals surface area contributed by atoms with E-state index in [0.717, 1.165) is 38.0 Å². The molecule has 30 heavy (non-hydrogen) atoms. The number of thiazole rings is 1. The maximum Gasteiger partial charge on any atom is 0.248 e. The van der Waals surface area contributed by atoms with E-state index in [2.05, 4.69) is 24.4 Å². The summed E-state index contributed by atoms with van der Waals surface area (Å²) in [5.74, 6) is -0.209. The zero-order valence-corrected chi connectivity index (χ0v) is 17.9. The quantitative estimate of drug-likeness (QED) is 0.343. The van der Waals surface area contributed by atoms with Crippen LogP contribution in [0.2, 0.25) is 5.02 Å². The van der Waals surface area contributed by atoms with Gasteiger partial charge >= 0.3 is 0 Å². The number of hydrogen-bond acceptors (Lipinski definition) is 3. The Morgan fingerprint density at radius 2 is 1.63 bits per heavy atom. The highest BCUT2D eigenvalue weighted by Gasteiger charge is 2.11. The van der Waals surface area contributed by atoms with Gasteiger partial charge in [0.2, 0.25) is 5.91 Å². The lowest BCUT2D eigenvalue weighted by molar-refractivity contribution is -0.111. The number of hydrogen-bond donors (Lipinski definition) is 1. The van der Waals surface area contributed by atoms with E-state index in [1.165, 1.54) is 6.08 Å². The number of aryl methyl sites for hydroxylation is 1. The molecular formula is C25H19ClN2OS. The zero-order valence-electron chi connectivity index (χ0n) is 16.3. The SMILES string of the molecule is Cc1sc(-c2ccccc2)nc1-c1ccc(NC(=O)/C=C/c2ccccc2Cl)cc1. The van der Waals surface area contributed by atoms with Crippen molar-refractivity contribution in [3.05, 3.63) is 100 Å². The second kappa shape index (κ2) is 9.08. The van der Waals surface area contributed by atoms with Crippen molar-refractivity contribution in [3.8, 4) is 21.8 Å². The van der Waals surface area contributed by atoms with E-state index in [-0.39, 0.29) is 5.91 Å². The fraction of sp³-hybridized carbons (Fsp3) is 0.0400. The molecule has 0 aliphatic carbocycles. The van der Waals surface area contributed by atoms with Gasteiger partial charge in [-0.15, -0.1) is 11.3 Å². The van der Waals surface area contributed by atoms with Gasteiger partial charge in [-0.05, 0) is 36.8 Å². The number of rotatable bonds is 5. The number of nitrogens with zero attached hydrogens (tertiary/aromatic N) is 1. The lowest BCUT2D eigenvalue weighted by atomic mass is 10.1. The molecule has 1 heterocycles. The summed E-state index contributed by atoms with van der Waals surface area (Å²) in [5.41, 5.74) is 4.64. The molecule has 0 bridgehead atoms. The van der Waals surface area contributed by atoms with E-state index >= 15 is 0 Å². The maximum absolute atomic E-state index is 12.2.